The Labute approximate surface area is 127 Å². The first-order chi connectivity index (χ1) is 10.1. The van der Waals surface area contributed by atoms with Gasteiger partial charge in [0.1, 0.15) is 5.82 Å². The second kappa shape index (κ2) is 7.34. The number of benzene rings is 1. The van der Waals surface area contributed by atoms with Crippen molar-refractivity contribution in [2.45, 2.75) is 39.3 Å². The fourth-order valence-corrected chi connectivity index (χ4v) is 3.19. The topological polar surface area (TPSA) is 32.5 Å². The summed E-state index contributed by atoms with van der Waals surface area (Å²) in [5.74, 6) is -0.174. The van der Waals surface area contributed by atoms with Crippen molar-refractivity contribution in [3.63, 3.8) is 0 Å². The Bertz CT molecular complexity index is 455. The molecule has 1 aliphatic rings. The lowest BCUT2D eigenvalue weighted by Crippen LogP contribution is -2.51. The SMILES string of the molecule is CCC(C)N1CCN(C(CN)c2cc(F)ccc2C)CC1. The molecule has 0 saturated carbocycles. The average molecular weight is 293 g/mol. The van der Waals surface area contributed by atoms with Crippen LogP contribution in [0.4, 0.5) is 4.39 Å². The summed E-state index contributed by atoms with van der Waals surface area (Å²) in [5.41, 5.74) is 8.16. The van der Waals surface area contributed by atoms with Crippen LogP contribution in [0, 0.1) is 12.7 Å². The molecule has 1 fully saturated rings. The van der Waals surface area contributed by atoms with Gasteiger partial charge in [-0.15, -0.1) is 0 Å². The summed E-state index contributed by atoms with van der Waals surface area (Å²) in [6, 6.07) is 5.78. The predicted octanol–water partition coefficient (Wildman–Crippen LogP) is 2.55. The molecule has 0 spiro atoms. The van der Waals surface area contributed by atoms with Gasteiger partial charge in [-0.3, -0.25) is 9.80 Å². The van der Waals surface area contributed by atoms with Crippen LogP contribution >= 0.6 is 0 Å². The van der Waals surface area contributed by atoms with Gasteiger partial charge >= 0.3 is 0 Å². The van der Waals surface area contributed by atoms with Gasteiger partial charge in [0.05, 0.1) is 0 Å². The third-order valence-electron chi connectivity index (χ3n) is 4.83. The minimum Gasteiger partial charge on any atom is -0.329 e. The van der Waals surface area contributed by atoms with Crippen LogP contribution in [-0.2, 0) is 0 Å². The molecule has 2 unspecified atom stereocenters. The smallest absolute Gasteiger partial charge is 0.123 e. The van der Waals surface area contributed by atoms with Crippen LogP contribution in [0.5, 0.6) is 0 Å². The Morgan fingerprint density at radius 3 is 2.38 bits per heavy atom. The van der Waals surface area contributed by atoms with Crippen molar-refractivity contribution < 1.29 is 4.39 Å². The summed E-state index contributed by atoms with van der Waals surface area (Å²) < 4.78 is 13.6. The highest BCUT2D eigenvalue weighted by molar-refractivity contribution is 5.30. The second-order valence-electron chi connectivity index (χ2n) is 6.08. The van der Waals surface area contributed by atoms with Gasteiger partial charge in [0, 0.05) is 44.8 Å². The molecule has 1 saturated heterocycles. The molecular weight excluding hydrogens is 265 g/mol. The Morgan fingerprint density at radius 1 is 1.19 bits per heavy atom. The molecule has 0 amide bonds. The lowest BCUT2D eigenvalue weighted by molar-refractivity contribution is 0.0741. The first-order valence-electron chi connectivity index (χ1n) is 8.01. The molecule has 118 valence electrons. The van der Waals surface area contributed by atoms with E-state index in [1.165, 1.54) is 12.5 Å². The van der Waals surface area contributed by atoms with Crippen molar-refractivity contribution in [2.75, 3.05) is 32.7 Å². The van der Waals surface area contributed by atoms with Crippen LogP contribution in [-0.4, -0.2) is 48.6 Å². The summed E-state index contributed by atoms with van der Waals surface area (Å²) in [4.78, 5) is 4.93. The molecule has 0 aliphatic carbocycles. The number of rotatable bonds is 5. The van der Waals surface area contributed by atoms with Gasteiger partial charge < -0.3 is 5.73 Å². The van der Waals surface area contributed by atoms with E-state index in [0.29, 0.717) is 12.6 Å². The summed E-state index contributed by atoms with van der Waals surface area (Å²) >= 11 is 0. The van der Waals surface area contributed by atoms with Gasteiger partial charge in [-0.05, 0) is 43.5 Å². The van der Waals surface area contributed by atoms with Gasteiger partial charge in [-0.25, -0.2) is 4.39 Å². The van der Waals surface area contributed by atoms with Crippen LogP contribution < -0.4 is 5.73 Å². The monoisotopic (exact) mass is 293 g/mol. The third-order valence-corrected chi connectivity index (χ3v) is 4.83. The summed E-state index contributed by atoms with van der Waals surface area (Å²) in [6.45, 7) is 11.2. The van der Waals surface area contributed by atoms with E-state index in [-0.39, 0.29) is 11.9 Å². The van der Waals surface area contributed by atoms with Crippen LogP contribution in [0.25, 0.3) is 0 Å². The van der Waals surface area contributed by atoms with Gasteiger partial charge in [-0.2, -0.15) is 0 Å². The van der Waals surface area contributed by atoms with Gasteiger partial charge in [0.25, 0.3) is 0 Å². The van der Waals surface area contributed by atoms with E-state index in [4.69, 9.17) is 5.73 Å². The first kappa shape index (κ1) is 16.4. The molecule has 0 radical (unpaired) electrons. The molecular formula is C17H28FN3. The first-order valence-corrected chi connectivity index (χ1v) is 8.01. The van der Waals surface area contributed by atoms with Crippen LogP contribution in [0.2, 0.25) is 0 Å². The zero-order valence-electron chi connectivity index (χ0n) is 13.5. The van der Waals surface area contributed by atoms with Crippen LogP contribution in [0.1, 0.15) is 37.4 Å². The molecule has 3 nitrogen and oxygen atoms in total. The Morgan fingerprint density at radius 2 is 1.81 bits per heavy atom. The van der Waals surface area contributed by atoms with E-state index in [9.17, 15) is 4.39 Å². The highest BCUT2D eigenvalue weighted by Gasteiger charge is 2.26. The molecule has 0 bridgehead atoms. The highest BCUT2D eigenvalue weighted by Crippen LogP contribution is 2.25. The zero-order chi connectivity index (χ0) is 15.4. The summed E-state index contributed by atoms with van der Waals surface area (Å²) in [5, 5.41) is 0. The van der Waals surface area contributed by atoms with E-state index in [1.807, 2.05) is 13.0 Å². The largest absolute Gasteiger partial charge is 0.329 e. The van der Waals surface area contributed by atoms with Crippen molar-refractivity contribution >= 4 is 0 Å². The lowest BCUT2D eigenvalue weighted by atomic mass is 9.99. The molecule has 2 rings (SSSR count). The number of hydrogen-bond donors (Lipinski definition) is 1. The van der Waals surface area contributed by atoms with Crippen molar-refractivity contribution in [3.8, 4) is 0 Å². The average Bonchev–Trinajstić information content (AvgIpc) is 2.51. The zero-order valence-corrected chi connectivity index (χ0v) is 13.5. The van der Waals surface area contributed by atoms with E-state index < -0.39 is 0 Å². The highest BCUT2D eigenvalue weighted by atomic mass is 19.1. The van der Waals surface area contributed by atoms with Crippen LogP contribution in [0.3, 0.4) is 0 Å². The molecule has 4 heteroatoms. The quantitative estimate of drug-likeness (QED) is 0.905. The number of nitrogens with zero attached hydrogens (tertiary/aromatic N) is 2. The minimum atomic E-state index is -0.174. The molecule has 0 aromatic heterocycles. The standard InChI is InChI=1S/C17H28FN3/c1-4-14(3)20-7-9-21(10-8-20)17(12-19)16-11-15(18)6-5-13(16)2/h5-6,11,14,17H,4,7-10,12,19H2,1-3H3. The van der Waals surface area contributed by atoms with Crippen molar-refractivity contribution in [2.24, 2.45) is 5.73 Å². The number of aryl methyl sites for hydroxylation is 1. The molecule has 1 aromatic carbocycles. The van der Waals surface area contributed by atoms with E-state index in [1.54, 1.807) is 6.07 Å². The molecule has 21 heavy (non-hydrogen) atoms. The third kappa shape index (κ3) is 3.82. The van der Waals surface area contributed by atoms with Crippen molar-refractivity contribution in [1.82, 2.24) is 9.80 Å². The molecule has 1 aliphatic heterocycles. The number of nitrogens with two attached hydrogens (primary N) is 1. The van der Waals surface area contributed by atoms with Crippen molar-refractivity contribution in [3.05, 3.63) is 35.1 Å². The molecule has 2 atom stereocenters. The Kier molecular flexibility index (Phi) is 5.73. The summed E-state index contributed by atoms with van der Waals surface area (Å²) in [6.07, 6.45) is 1.18. The fourth-order valence-electron chi connectivity index (χ4n) is 3.19. The number of piperazine rings is 1. The van der Waals surface area contributed by atoms with E-state index in [2.05, 4.69) is 23.6 Å². The maximum atomic E-state index is 13.6. The maximum Gasteiger partial charge on any atom is 0.123 e. The van der Waals surface area contributed by atoms with Gasteiger partial charge in [0.15, 0.2) is 0 Å². The Balaban J connectivity index is 2.08. The maximum absolute atomic E-state index is 13.6. The summed E-state index contributed by atoms with van der Waals surface area (Å²) in [7, 11) is 0. The van der Waals surface area contributed by atoms with Gasteiger partial charge in [-0.1, -0.05) is 13.0 Å². The van der Waals surface area contributed by atoms with Gasteiger partial charge in [0.2, 0.25) is 0 Å². The normalized spacial score (nSPS) is 20.4. The molecule has 1 aromatic rings. The molecule has 1 heterocycles. The van der Waals surface area contributed by atoms with Crippen molar-refractivity contribution in [1.29, 1.82) is 0 Å². The second-order valence-corrected chi connectivity index (χ2v) is 6.08. The van der Waals surface area contributed by atoms with E-state index >= 15 is 0 Å². The minimum absolute atomic E-state index is 0.125. The number of halogens is 1. The Hall–Kier alpha value is -0.970. The van der Waals surface area contributed by atoms with Crippen LogP contribution in [0.15, 0.2) is 18.2 Å². The van der Waals surface area contributed by atoms with E-state index in [0.717, 1.165) is 37.3 Å². The number of hydrogen-bond acceptors (Lipinski definition) is 3. The lowest BCUT2D eigenvalue weighted by Gasteiger charge is -2.41. The predicted molar refractivity (Wildman–Crippen MR) is 85.8 cm³/mol. The molecule has 2 N–H and O–H groups in total. The fraction of sp³-hybridized carbons (Fsp3) is 0.647.